The van der Waals surface area contributed by atoms with Crippen molar-refractivity contribution in [3.05, 3.63) is 59.4 Å². The molecule has 0 aliphatic heterocycles. The lowest BCUT2D eigenvalue weighted by Gasteiger charge is -2.07. The smallest absolute Gasteiger partial charge is 0.0718 e. The first-order chi connectivity index (χ1) is 7.36. The molecule has 1 N–H and O–H groups in total. The van der Waals surface area contributed by atoms with E-state index in [0.717, 1.165) is 12.2 Å². The molecule has 0 saturated carbocycles. The lowest BCUT2D eigenvalue weighted by molar-refractivity contribution is 1.14. The molecular formula is C12H11ClN2. The average molecular weight is 219 g/mol. The largest absolute Gasteiger partial charge is 0.379 e. The molecule has 0 unspecified atom stereocenters. The minimum Gasteiger partial charge on any atom is -0.379 e. The van der Waals surface area contributed by atoms with Crippen molar-refractivity contribution >= 4 is 17.3 Å². The van der Waals surface area contributed by atoms with Crippen LogP contribution >= 0.6 is 11.6 Å². The molecule has 0 fully saturated rings. The molecular weight excluding hydrogens is 208 g/mol. The molecule has 0 atom stereocenters. The molecule has 0 radical (unpaired) electrons. The van der Waals surface area contributed by atoms with Gasteiger partial charge in [0.2, 0.25) is 0 Å². The number of anilines is 1. The Labute approximate surface area is 93.9 Å². The molecule has 1 aromatic heterocycles. The van der Waals surface area contributed by atoms with E-state index in [1.54, 1.807) is 18.5 Å². The van der Waals surface area contributed by atoms with Crippen LogP contribution < -0.4 is 5.32 Å². The summed E-state index contributed by atoms with van der Waals surface area (Å²) in [6.45, 7) is 0.756. The fourth-order valence-corrected chi connectivity index (χ4v) is 1.47. The second kappa shape index (κ2) is 4.80. The van der Waals surface area contributed by atoms with Gasteiger partial charge in [-0.2, -0.15) is 0 Å². The van der Waals surface area contributed by atoms with Crippen LogP contribution in [0.4, 0.5) is 5.69 Å². The van der Waals surface area contributed by atoms with Crippen LogP contribution in [0.2, 0.25) is 5.02 Å². The normalized spacial score (nSPS) is 9.93. The van der Waals surface area contributed by atoms with Crippen LogP contribution in [0.3, 0.4) is 0 Å². The second-order valence-electron chi connectivity index (χ2n) is 3.19. The van der Waals surface area contributed by atoms with E-state index in [9.17, 15) is 0 Å². The van der Waals surface area contributed by atoms with E-state index in [-0.39, 0.29) is 0 Å². The minimum absolute atomic E-state index is 0.695. The lowest BCUT2D eigenvalue weighted by atomic mass is 10.2. The highest BCUT2D eigenvalue weighted by atomic mass is 35.5. The number of pyridine rings is 1. The summed E-state index contributed by atoms with van der Waals surface area (Å²) in [5.74, 6) is 0. The van der Waals surface area contributed by atoms with E-state index in [0.29, 0.717) is 5.02 Å². The van der Waals surface area contributed by atoms with E-state index in [2.05, 4.69) is 22.4 Å². The summed E-state index contributed by atoms with van der Waals surface area (Å²) in [6.07, 6.45) is 3.40. The van der Waals surface area contributed by atoms with Crippen molar-refractivity contribution in [3.8, 4) is 0 Å². The van der Waals surface area contributed by atoms with Crippen LogP contribution in [0.1, 0.15) is 5.56 Å². The summed E-state index contributed by atoms with van der Waals surface area (Å²) in [7, 11) is 0. The van der Waals surface area contributed by atoms with Gasteiger partial charge >= 0.3 is 0 Å². The number of nitrogens with one attached hydrogen (secondary N) is 1. The maximum atomic E-state index is 5.99. The molecule has 15 heavy (non-hydrogen) atoms. The fourth-order valence-electron chi connectivity index (χ4n) is 1.30. The summed E-state index contributed by atoms with van der Waals surface area (Å²) in [5, 5.41) is 3.93. The zero-order chi connectivity index (χ0) is 10.5. The summed E-state index contributed by atoms with van der Waals surface area (Å²) in [5.41, 5.74) is 2.08. The van der Waals surface area contributed by atoms with Gasteiger partial charge in [0.25, 0.3) is 0 Å². The van der Waals surface area contributed by atoms with Crippen LogP contribution in [0.15, 0.2) is 48.8 Å². The van der Waals surface area contributed by atoms with Gasteiger partial charge in [0.15, 0.2) is 0 Å². The second-order valence-corrected chi connectivity index (χ2v) is 3.60. The van der Waals surface area contributed by atoms with Gasteiger partial charge in [-0.15, -0.1) is 0 Å². The van der Waals surface area contributed by atoms with Crippen molar-refractivity contribution < 1.29 is 0 Å². The Morgan fingerprint density at radius 1 is 1.13 bits per heavy atom. The zero-order valence-electron chi connectivity index (χ0n) is 8.15. The van der Waals surface area contributed by atoms with Gasteiger partial charge in [-0.1, -0.05) is 41.9 Å². The van der Waals surface area contributed by atoms with Gasteiger partial charge in [0.05, 0.1) is 16.9 Å². The highest BCUT2D eigenvalue weighted by molar-refractivity contribution is 6.33. The van der Waals surface area contributed by atoms with Crippen molar-refractivity contribution in [1.29, 1.82) is 0 Å². The summed E-state index contributed by atoms with van der Waals surface area (Å²) >= 11 is 5.99. The number of hydrogen-bond donors (Lipinski definition) is 1. The fraction of sp³-hybridized carbons (Fsp3) is 0.0833. The van der Waals surface area contributed by atoms with Gasteiger partial charge in [0.1, 0.15) is 0 Å². The van der Waals surface area contributed by atoms with Crippen LogP contribution in [0, 0.1) is 0 Å². The van der Waals surface area contributed by atoms with Crippen molar-refractivity contribution in [2.24, 2.45) is 0 Å². The number of benzene rings is 1. The van der Waals surface area contributed by atoms with E-state index >= 15 is 0 Å². The molecule has 0 aliphatic rings. The third kappa shape index (κ3) is 2.70. The number of halogens is 1. The topological polar surface area (TPSA) is 24.9 Å². The summed E-state index contributed by atoms with van der Waals surface area (Å²) in [4.78, 5) is 4.01. The third-order valence-corrected chi connectivity index (χ3v) is 2.42. The van der Waals surface area contributed by atoms with Gasteiger partial charge in [-0.25, -0.2) is 0 Å². The van der Waals surface area contributed by atoms with Crippen LogP contribution in [0.5, 0.6) is 0 Å². The summed E-state index contributed by atoms with van der Waals surface area (Å²) < 4.78 is 0. The maximum absolute atomic E-state index is 5.99. The molecule has 0 saturated heterocycles. The quantitative estimate of drug-likeness (QED) is 0.855. The number of rotatable bonds is 3. The molecule has 0 bridgehead atoms. The van der Waals surface area contributed by atoms with E-state index in [4.69, 9.17) is 11.6 Å². The SMILES string of the molecule is Clc1ccncc1NCc1ccccc1. The Morgan fingerprint density at radius 3 is 2.67 bits per heavy atom. The van der Waals surface area contributed by atoms with Crippen molar-refractivity contribution in [2.75, 3.05) is 5.32 Å². The van der Waals surface area contributed by atoms with Crippen LogP contribution in [0.25, 0.3) is 0 Å². The molecule has 3 heteroatoms. The van der Waals surface area contributed by atoms with Crippen LogP contribution in [-0.4, -0.2) is 4.98 Å². The van der Waals surface area contributed by atoms with Gasteiger partial charge in [-0.3, -0.25) is 4.98 Å². The van der Waals surface area contributed by atoms with E-state index in [1.807, 2.05) is 18.2 Å². The Hall–Kier alpha value is -1.54. The Balaban J connectivity index is 2.03. The Morgan fingerprint density at radius 2 is 1.93 bits per heavy atom. The van der Waals surface area contributed by atoms with Gasteiger partial charge in [-0.05, 0) is 11.6 Å². The average Bonchev–Trinajstić information content (AvgIpc) is 2.29. The molecule has 0 amide bonds. The van der Waals surface area contributed by atoms with Crippen molar-refractivity contribution in [1.82, 2.24) is 4.98 Å². The van der Waals surface area contributed by atoms with Crippen molar-refractivity contribution in [3.63, 3.8) is 0 Å². The molecule has 76 valence electrons. The molecule has 2 rings (SSSR count). The highest BCUT2D eigenvalue weighted by Crippen LogP contribution is 2.19. The standard InChI is InChI=1S/C12H11ClN2/c13-11-6-7-14-9-12(11)15-8-10-4-2-1-3-5-10/h1-7,9,15H,8H2. The molecule has 2 aromatic rings. The Bertz CT molecular complexity index is 429. The first-order valence-corrected chi connectivity index (χ1v) is 5.11. The molecule has 1 heterocycles. The van der Waals surface area contributed by atoms with Gasteiger partial charge < -0.3 is 5.32 Å². The third-order valence-electron chi connectivity index (χ3n) is 2.09. The highest BCUT2D eigenvalue weighted by Gasteiger charge is 1.98. The first kappa shape index (κ1) is 9.99. The Kier molecular flexibility index (Phi) is 3.20. The lowest BCUT2D eigenvalue weighted by Crippen LogP contribution is -1.99. The molecule has 0 aliphatic carbocycles. The first-order valence-electron chi connectivity index (χ1n) is 4.73. The number of hydrogen-bond acceptors (Lipinski definition) is 2. The summed E-state index contributed by atoms with van der Waals surface area (Å²) in [6, 6.07) is 11.9. The number of nitrogens with zero attached hydrogens (tertiary/aromatic N) is 1. The molecule has 2 nitrogen and oxygen atoms in total. The molecule has 0 spiro atoms. The van der Waals surface area contributed by atoms with Crippen LogP contribution in [-0.2, 0) is 6.54 Å². The van der Waals surface area contributed by atoms with Gasteiger partial charge in [0, 0.05) is 12.7 Å². The number of aromatic nitrogens is 1. The molecule has 1 aromatic carbocycles. The zero-order valence-corrected chi connectivity index (χ0v) is 8.91. The predicted octanol–water partition coefficient (Wildman–Crippen LogP) is 3.35. The van der Waals surface area contributed by atoms with E-state index < -0.39 is 0 Å². The van der Waals surface area contributed by atoms with Crippen molar-refractivity contribution in [2.45, 2.75) is 6.54 Å². The van der Waals surface area contributed by atoms with E-state index in [1.165, 1.54) is 5.56 Å². The minimum atomic E-state index is 0.695. The maximum Gasteiger partial charge on any atom is 0.0718 e. The predicted molar refractivity (Wildman–Crippen MR) is 63.0 cm³/mol. The monoisotopic (exact) mass is 218 g/mol.